The van der Waals surface area contributed by atoms with Crippen molar-refractivity contribution in [2.24, 2.45) is 0 Å². The van der Waals surface area contributed by atoms with E-state index in [1.54, 1.807) is 6.33 Å². The van der Waals surface area contributed by atoms with Crippen molar-refractivity contribution in [2.45, 2.75) is 46.7 Å². The SMILES string of the molecule is Cc1ncn(-c2ncc(CNC(C)(C)C)cc2Cl)c1C. The third-order valence-corrected chi connectivity index (χ3v) is 3.46. The van der Waals surface area contributed by atoms with Gasteiger partial charge in [-0.3, -0.25) is 4.57 Å². The van der Waals surface area contributed by atoms with Gasteiger partial charge in [0.25, 0.3) is 0 Å². The van der Waals surface area contributed by atoms with Gasteiger partial charge in [-0.15, -0.1) is 0 Å². The van der Waals surface area contributed by atoms with E-state index in [-0.39, 0.29) is 5.54 Å². The number of halogens is 1. The predicted molar refractivity (Wildman–Crippen MR) is 82.4 cm³/mol. The van der Waals surface area contributed by atoms with Crippen LogP contribution in [0.4, 0.5) is 0 Å². The lowest BCUT2D eigenvalue weighted by Gasteiger charge is -2.20. The second-order valence-electron chi connectivity index (χ2n) is 6.04. The quantitative estimate of drug-likeness (QED) is 0.942. The van der Waals surface area contributed by atoms with Gasteiger partial charge in [-0.2, -0.15) is 0 Å². The van der Waals surface area contributed by atoms with Crippen LogP contribution in [0.3, 0.4) is 0 Å². The molecule has 2 rings (SSSR count). The van der Waals surface area contributed by atoms with Crippen molar-refractivity contribution < 1.29 is 0 Å². The Morgan fingerprint density at radius 2 is 1.95 bits per heavy atom. The molecule has 108 valence electrons. The van der Waals surface area contributed by atoms with Crippen LogP contribution in [0.15, 0.2) is 18.6 Å². The van der Waals surface area contributed by atoms with Crippen molar-refractivity contribution in [3.63, 3.8) is 0 Å². The average Bonchev–Trinajstić information content (AvgIpc) is 2.67. The Balaban J connectivity index is 2.24. The number of aromatic nitrogens is 3. The molecule has 0 bridgehead atoms. The summed E-state index contributed by atoms with van der Waals surface area (Å²) < 4.78 is 1.92. The lowest BCUT2D eigenvalue weighted by molar-refractivity contribution is 0.424. The van der Waals surface area contributed by atoms with Crippen LogP contribution < -0.4 is 5.32 Å². The molecule has 0 aliphatic rings. The smallest absolute Gasteiger partial charge is 0.156 e. The van der Waals surface area contributed by atoms with Gasteiger partial charge in [-0.1, -0.05) is 11.6 Å². The molecule has 0 aromatic carbocycles. The molecule has 0 saturated heterocycles. The summed E-state index contributed by atoms with van der Waals surface area (Å²) in [6.07, 6.45) is 3.61. The Hall–Kier alpha value is -1.39. The molecular weight excluding hydrogens is 272 g/mol. The first-order chi connectivity index (χ1) is 9.28. The summed E-state index contributed by atoms with van der Waals surface area (Å²) >= 11 is 6.36. The number of nitrogens with zero attached hydrogens (tertiary/aromatic N) is 3. The van der Waals surface area contributed by atoms with Gasteiger partial charge in [-0.25, -0.2) is 9.97 Å². The summed E-state index contributed by atoms with van der Waals surface area (Å²) in [5.74, 6) is 0.726. The maximum atomic E-state index is 6.36. The molecule has 20 heavy (non-hydrogen) atoms. The molecule has 0 amide bonds. The summed E-state index contributed by atoms with van der Waals surface area (Å²) in [6, 6.07) is 1.96. The topological polar surface area (TPSA) is 42.7 Å². The summed E-state index contributed by atoms with van der Waals surface area (Å²) in [6.45, 7) is 11.1. The lowest BCUT2D eigenvalue weighted by atomic mass is 10.1. The number of aryl methyl sites for hydroxylation is 1. The molecular formula is C15H21ClN4. The van der Waals surface area contributed by atoms with Gasteiger partial charge in [0.2, 0.25) is 0 Å². The monoisotopic (exact) mass is 292 g/mol. The van der Waals surface area contributed by atoms with E-state index < -0.39 is 0 Å². The Bertz CT molecular complexity index is 611. The fourth-order valence-electron chi connectivity index (χ4n) is 1.82. The summed E-state index contributed by atoms with van der Waals surface area (Å²) in [7, 11) is 0. The van der Waals surface area contributed by atoms with Gasteiger partial charge in [0.1, 0.15) is 6.33 Å². The van der Waals surface area contributed by atoms with E-state index in [9.17, 15) is 0 Å². The van der Waals surface area contributed by atoms with Crippen molar-refractivity contribution in [3.8, 4) is 5.82 Å². The van der Waals surface area contributed by atoms with E-state index in [1.165, 1.54) is 0 Å². The van der Waals surface area contributed by atoms with Gasteiger partial charge in [0.15, 0.2) is 5.82 Å². The standard InChI is InChI=1S/C15H21ClN4/c1-10-11(2)20(9-18-10)14-13(16)6-12(7-17-14)8-19-15(3,4)5/h6-7,9,19H,8H2,1-5H3. The van der Waals surface area contributed by atoms with E-state index in [2.05, 4.69) is 36.1 Å². The molecule has 2 heterocycles. The molecule has 0 radical (unpaired) electrons. The number of pyridine rings is 1. The van der Waals surface area contributed by atoms with Crippen molar-refractivity contribution in [1.82, 2.24) is 19.9 Å². The Labute approximate surface area is 125 Å². The van der Waals surface area contributed by atoms with E-state index >= 15 is 0 Å². The van der Waals surface area contributed by atoms with Crippen molar-refractivity contribution >= 4 is 11.6 Å². The molecule has 0 fully saturated rings. The number of hydrogen-bond acceptors (Lipinski definition) is 3. The van der Waals surface area contributed by atoms with Gasteiger partial charge < -0.3 is 5.32 Å². The van der Waals surface area contributed by atoms with Crippen LogP contribution in [0, 0.1) is 13.8 Å². The molecule has 0 saturated carbocycles. The largest absolute Gasteiger partial charge is 0.308 e. The van der Waals surface area contributed by atoms with Gasteiger partial charge in [0, 0.05) is 24.0 Å². The normalized spacial score (nSPS) is 11.9. The molecule has 0 atom stereocenters. The van der Waals surface area contributed by atoms with Crippen LogP contribution in [0.2, 0.25) is 5.02 Å². The van der Waals surface area contributed by atoms with Gasteiger partial charge in [-0.05, 0) is 46.2 Å². The maximum absolute atomic E-state index is 6.36. The lowest BCUT2D eigenvalue weighted by Crippen LogP contribution is -2.35. The molecule has 5 heteroatoms. The van der Waals surface area contributed by atoms with Crippen LogP contribution in [0.5, 0.6) is 0 Å². The summed E-state index contributed by atoms with van der Waals surface area (Å²) in [5.41, 5.74) is 3.19. The molecule has 0 unspecified atom stereocenters. The van der Waals surface area contributed by atoms with Crippen LogP contribution in [0.1, 0.15) is 37.7 Å². The minimum Gasteiger partial charge on any atom is -0.308 e. The highest BCUT2D eigenvalue weighted by atomic mass is 35.5. The van der Waals surface area contributed by atoms with E-state index in [4.69, 9.17) is 11.6 Å². The average molecular weight is 293 g/mol. The number of nitrogens with one attached hydrogen (secondary N) is 1. The fraction of sp³-hybridized carbons (Fsp3) is 0.467. The van der Waals surface area contributed by atoms with Gasteiger partial charge >= 0.3 is 0 Å². The first-order valence-corrected chi connectivity index (χ1v) is 7.06. The van der Waals surface area contributed by atoms with Crippen molar-refractivity contribution in [2.75, 3.05) is 0 Å². The number of hydrogen-bond donors (Lipinski definition) is 1. The van der Waals surface area contributed by atoms with Crippen LogP contribution >= 0.6 is 11.6 Å². The molecule has 4 nitrogen and oxygen atoms in total. The highest BCUT2D eigenvalue weighted by Gasteiger charge is 2.12. The molecule has 2 aromatic rings. The third-order valence-electron chi connectivity index (χ3n) is 3.18. The second kappa shape index (κ2) is 5.54. The summed E-state index contributed by atoms with van der Waals surface area (Å²) in [4.78, 5) is 8.75. The van der Waals surface area contributed by atoms with Crippen LogP contribution in [-0.4, -0.2) is 20.1 Å². The zero-order chi connectivity index (χ0) is 14.9. The van der Waals surface area contributed by atoms with Crippen molar-refractivity contribution in [3.05, 3.63) is 40.6 Å². The maximum Gasteiger partial charge on any atom is 0.156 e. The summed E-state index contributed by atoms with van der Waals surface area (Å²) in [5, 5.41) is 4.06. The molecule has 0 aliphatic heterocycles. The highest BCUT2D eigenvalue weighted by molar-refractivity contribution is 6.32. The van der Waals surface area contributed by atoms with E-state index in [0.717, 1.165) is 29.3 Å². The first-order valence-electron chi connectivity index (χ1n) is 6.68. The molecule has 1 N–H and O–H groups in total. The minimum atomic E-state index is 0.0726. The number of imidazole rings is 1. The highest BCUT2D eigenvalue weighted by Crippen LogP contribution is 2.21. The Morgan fingerprint density at radius 1 is 1.25 bits per heavy atom. The molecule has 2 aromatic heterocycles. The van der Waals surface area contributed by atoms with E-state index in [0.29, 0.717) is 5.02 Å². The zero-order valence-electron chi connectivity index (χ0n) is 12.7. The second-order valence-corrected chi connectivity index (χ2v) is 6.45. The Kier molecular flexibility index (Phi) is 4.16. The predicted octanol–water partition coefficient (Wildman–Crippen LogP) is 3.43. The number of rotatable bonds is 3. The minimum absolute atomic E-state index is 0.0726. The van der Waals surface area contributed by atoms with Crippen molar-refractivity contribution in [1.29, 1.82) is 0 Å². The molecule has 0 spiro atoms. The molecule has 0 aliphatic carbocycles. The van der Waals surface area contributed by atoms with Crippen LogP contribution in [-0.2, 0) is 6.54 Å². The first kappa shape index (κ1) is 15.0. The zero-order valence-corrected chi connectivity index (χ0v) is 13.4. The fourth-order valence-corrected chi connectivity index (χ4v) is 2.10. The van der Waals surface area contributed by atoms with E-state index in [1.807, 2.05) is 30.7 Å². The van der Waals surface area contributed by atoms with Crippen LogP contribution in [0.25, 0.3) is 5.82 Å². The third kappa shape index (κ3) is 3.38. The van der Waals surface area contributed by atoms with Gasteiger partial charge in [0.05, 0.1) is 10.7 Å². The Morgan fingerprint density at radius 3 is 2.45 bits per heavy atom.